The van der Waals surface area contributed by atoms with E-state index in [4.69, 9.17) is 5.11 Å². The van der Waals surface area contributed by atoms with E-state index in [1.165, 1.54) is 0 Å². The Morgan fingerprint density at radius 1 is 1.50 bits per heavy atom. The molecule has 0 aliphatic rings. The molecule has 0 aliphatic carbocycles. The Morgan fingerprint density at radius 2 is 1.80 bits per heavy atom. The number of likely N-dealkylation sites (N-methyl/N-ethyl adjacent to an activating group) is 1. The number of carboxylic acid groups (broad SMARTS) is 1. The molecule has 0 amide bonds. The van der Waals surface area contributed by atoms with Crippen LogP contribution in [-0.2, 0) is 4.79 Å². The quantitative estimate of drug-likeness (QED) is 0.361. The third kappa shape index (κ3) is 25.4. The largest absolute Gasteiger partial charge is 0.480 e. The second-order valence-corrected chi connectivity index (χ2v) is 1.63. The van der Waals surface area contributed by atoms with E-state index in [-0.39, 0.29) is 19.0 Å². The highest BCUT2D eigenvalue weighted by molar-refractivity contribution is 5.85. The van der Waals surface area contributed by atoms with E-state index in [0.717, 1.165) is 0 Å². The minimum absolute atomic E-state index is 0. The van der Waals surface area contributed by atoms with Gasteiger partial charge in [-0.1, -0.05) is 0 Å². The molecule has 0 radical (unpaired) electrons. The van der Waals surface area contributed by atoms with Crippen molar-refractivity contribution in [3.8, 4) is 0 Å². The van der Waals surface area contributed by atoms with Crippen molar-refractivity contribution in [3.63, 3.8) is 0 Å². The summed E-state index contributed by atoms with van der Waals surface area (Å²) in [6.45, 7) is 0.111. The van der Waals surface area contributed by atoms with Gasteiger partial charge in [0.1, 0.15) is 0 Å². The van der Waals surface area contributed by atoms with Crippen LogP contribution in [0.5, 0.6) is 0 Å². The number of hydrazine groups is 1. The van der Waals surface area contributed by atoms with Gasteiger partial charge in [-0.05, 0) is 14.1 Å². The monoisotopic (exact) mass is 171 g/mol. The molecule has 64 valence electrons. The lowest BCUT2D eigenvalue weighted by Crippen LogP contribution is -2.20. The molecule has 0 aromatic heterocycles. The Morgan fingerprint density at radius 3 is 1.80 bits per heavy atom. The molecule has 10 heavy (non-hydrogen) atoms. The van der Waals surface area contributed by atoms with Gasteiger partial charge in [-0.2, -0.15) is 0 Å². The smallest absolute Gasteiger partial charge is 0.317 e. The summed E-state index contributed by atoms with van der Waals surface area (Å²) in [7, 11) is 3.43. The van der Waals surface area contributed by atoms with Crippen LogP contribution in [0.1, 0.15) is 0 Å². The molecule has 0 bridgehead atoms. The summed E-state index contributed by atoms with van der Waals surface area (Å²) in [4.78, 5) is 11.4. The Bertz CT molecular complexity index is 78.9. The highest BCUT2D eigenvalue weighted by Gasteiger charge is 1.94. The fraction of sp³-hybridized carbons (Fsp3) is 0.750. The van der Waals surface area contributed by atoms with E-state index in [2.05, 4.69) is 11.7 Å². The highest BCUT2D eigenvalue weighted by Crippen LogP contribution is 1.69. The summed E-state index contributed by atoms with van der Waals surface area (Å²) in [5.41, 5.74) is 0. The van der Waals surface area contributed by atoms with E-state index in [0.29, 0.717) is 0 Å². The van der Waals surface area contributed by atoms with Gasteiger partial charge < -0.3 is 5.11 Å². The lowest BCUT2D eigenvalue weighted by Gasteiger charge is -2.01. The first-order valence-corrected chi connectivity index (χ1v) is 2.33. The Hall–Kier alpha value is -0.360. The van der Waals surface area contributed by atoms with Crippen molar-refractivity contribution in [3.05, 3.63) is 0 Å². The lowest BCUT2D eigenvalue weighted by molar-refractivity contribution is -0.137. The summed E-state index contributed by atoms with van der Waals surface area (Å²) >= 11 is 0. The topological polar surface area (TPSA) is 92.6 Å². The van der Waals surface area contributed by atoms with Gasteiger partial charge in [-0.25, -0.2) is 0 Å². The first kappa shape index (κ1) is 16.3. The van der Waals surface area contributed by atoms with Gasteiger partial charge in [0.25, 0.3) is 0 Å². The number of halogens is 1. The van der Waals surface area contributed by atoms with Crippen LogP contribution >= 0.6 is 12.4 Å². The van der Waals surface area contributed by atoms with Gasteiger partial charge in [0.2, 0.25) is 0 Å². The second kappa shape index (κ2) is 11.4. The maximum Gasteiger partial charge on any atom is 0.317 e. The molecule has 6 heteroatoms. The number of carbonyl (C=O) groups is 1. The van der Waals surface area contributed by atoms with Crippen LogP contribution in [0.2, 0.25) is 0 Å². The van der Waals surface area contributed by atoms with Crippen molar-refractivity contribution >= 4 is 18.4 Å². The van der Waals surface area contributed by atoms with Crippen LogP contribution in [0.3, 0.4) is 0 Å². The minimum atomic E-state index is -0.787. The summed E-state index contributed by atoms with van der Waals surface area (Å²) in [5.74, 6) is 7.21. The Balaban J connectivity index is -0.000000149. The third-order valence-electron chi connectivity index (χ3n) is 0.451. The molecular weight excluding hydrogens is 158 g/mol. The normalized spacial score (nSPS) is 7.30. The molecule has 0 aromatic carbocycles. The number of hydrogen-bond donors (Lipinski definition) is 3. The van der Waals surface area contributed by atoms with Crippen LogP contribution in [0.25, 0.3) is 0 Å². The van der Waals surface area contributed by atoms with Crippen LogP contribution in [0, 0.1) is 0 Å². The van der Waals surface area contributed by atoms with Gasteiger partial charge >= 0.3 is 5.97 Å². The Kier molecular flexibility index (Phi) is 18.7. The van der Waals surface area contributed by atoms with E-state index in [9.17, 15) is 4.79 Å². The molecule has 5 N–H and O–H groups in total. The molecule has 0 aromatic rings. The van der Waals surface area contributed by atoms with Gasteiger partial charge in [-0.15, -0.1) is 12.4 Å². The molecule has 0 spiro atoms. The first-order valence-electron chi connectivity index (χ1n) is 2.33. The minimum Gasteiger partial charge on any atom is -0.480 e. The van der Waals surface area contributed by atoms with Crippen molar-refractivity contribution in [1.82, 2.24) is 4.90 Å². The van der Waals surface area contributed by atoms with Crippen LogP contribution < -0.4 is 11.7 Å². The maximum atomic E-state index is 9.77. The fourth-order valence-corrected chi connectivity index (χ4v) is 0.271. The van der Waals surface area contributed by atoms with Crippen molar-refractivity contribution < 1.29 is 9.90 Å². The van der Waals surface area contributed by atoms with Crippen molar-refractivity contribution in [2.75, 3.05) is 20.6 Å². The SMILES string of the molecule is CN(C)CC(=O)O.Cl.NN. The van der Waals surface area contributed by atoms with E-state index >= 15 is 0 Å². The molecule has 0 atom stereocenters. The van der Waals surface area contributed by atoms with Crippen LogP contribution in [0.15, 0.2) is 0 Å². The van der Waals surface area contributed by atoms with Crippen LogP contribution in [-0.4, -0.2) is 36.6 Å². The standard InChI is InChI=1S/C4H9NO2.ClH.H4N2/c1-5(2)3-4(6)7;;1-2/h3H2,1-2H3,(H,6,7);1H;1-2H2. The number of aliphatic carboxylic acids is 1. The summed E-state index contributed by atoms with van der Waals surface area (Å²) in [5, 5.41) is 8.04. The van der Waals surface area contributed by atoms with E-state index in [1.54, 1.807) is 19.0 Å². The number of rotatable bonds is 2. The average molecular weight is 172 g/mol. The van der Waals surface area contributed by atoms with Gasteiger partial charge in [-0.3, -0.25) is 21.4 Å². The molecule has 0 heterocycles. The summed E-state index contributed by atoms with van der Waals surface area (Å²) < 4.78 is 0. The number of nitrogens with two attached hydrogens (primary N) is 2. The summed E-state index contributed by atoms with van der Waals surface area (Å²) in [6, 6.07) is 0. The van der Waals surface area contributed by atoms with Gasteiger partial charge in [0.15, 0.2) is 0 Å². The predicted molar refractivity (Wildman–Crippen MR) is 41.8 cm³/mol. The second-order valence-electron chi connectivity index (χ2n) is 1.63. The molecular formula is C4H14ClN3O2. The number of nitrogens with zero attached hydrogens (tertiary/aromatic N) is 1. The highest BCUT2D eigenvalue weighted by atomic mass is 35.5. The zero-order valence-electron chi connectivity index (χ0n) is 6.07. The number of hydrogen-bond acceptors (Lipinski definition) is 4. The van der Waals surface area contributed by atoms with Gasteiger partial charge in [0, 0.05) is 0 Å². The number of carboxylic acids is 1. The fourth-order valence-electron chi connectivity index (χ4n) is 0.271. The maximum absolute atomic E-state index is 9.77. The molecule has 0 rings (SSSR count). The molecule has 0 aliphatic heterocycles. The van der Waals surface area contributed by atoms with Crippen molar-refractivity contribution in [2.45, 2.75) is 0 Å². The Labute approximate surface area is 66.4 Å². The average Bonchev–Trinajstić information content (AvgIpc) is 1.68. The zero-order chi connectivity index (χ0) is 7.86. The molecule has 5 nitrogen and oxygen atoms in total. The van der Waals surface area contributed by atoms with Crippen molar-refractivity contribution in [1.29, 1.82) is 0 Å². The first-order chi connectivity index (χ1) is 4.13. The molecule has 0 fully saturated rings. The molecule has 0 unspecified atom stereocenters. The third-order valence-corrected chi connectivity index (χ3v) is 0.451. The lowest BCUT2D eigenvalue weighted by atomic mass is 10.6. The summed E-state index contributed by atoms with van der Waals surface area (Å²) in [6.07, 6.45) is 0. The van der Waals surface area contributed by atoms with E-state index < -0.39 is 5.97 Å². The molecule has 0 saturated carbocycles. The van der Waals surface area contributed by atoms with Crippen molar-refractivity contribution in [2.24, 2.45) is 11.7 Å². The zero-order valence-corrected chi connectivity index (χ0v) is 6.89. The van der Waals surface area contributed by atoms with Crippen LogP contribution in [0.4, 0.5) is 0 Å². The molecule has 0 saturated heterocycles. The van der Waals surface area contributed by atoms with E-state index in [1.807, 2.05) is 0 Å². The predicted octanol–water partition coefficient (Wildman–Crippen LogP) is -1.13. The van der Waals surface area contributed by atoms with Gasteiger partial charge in [0.05, 0.1) is 6.54 Å².